The first-order chi connectivity index (χ1) is 9.28. The van der Waals surface area contributed by atoms with Crippen LogP contribution in [-0.2, 0) is 0 Å². The smallest absolute Gasteiger partial charge is 0.128 e. The van der Waals surface area contributed by atoms with Gasteiger partial charge in [-0.1, -0.05) is 36.4 Å². The van der Waals surface area contributed by atoms with Crippen molar-refractivity contribution in [2.75, 3.05) is 6.61 Å². The molecule has 0 aliphatic heterocycles. The van der Waals surface area contributed by atoms with Crippen molar-refractivity contribution in [3.8, 4) is 11.8 Å². The third-order valence-corrected chi connectivity index (χ3v) is 2.46. The van der Waals surface area contributed by atoms with Crippen LogP contribution in [-0.4, -0.2) is 6.61 Å². The van der Waals surface area contributed by atoms with Crippen molar-refractivity contribution >= 4 is 6.08 Å². The zero-order chi connectivity index (χ0) is 13.5. The molecule has 0 atom stereocenters. The fourth-order valence-corrected chi connectivity index (χ4v) is 1.60. The standard InChI is InChI=1S/C16H12FNO/c17-15-9-14(12-18)10-16(11-15)19-8-4-7-13-5-2-1-3-6-13/h1-7,9-11H,8H2/b7-4+. The number of nitrogens with zero attached hydrogens (tertiary/aromatic N) is 1. The average Bonchev–Trinajstić information content (AvgIpc) is 2.44. The summed E-state index contributed by atoms with van der Waals surface area (Å²) < 4.78 is 18.5. The molecule has 0 aliphatic carbocycles. The Kier molecular flexibility index (Phi) is 4.30. The number of ether oxygens (including phenoxy) is 1. The van der Waals surface area contributed by atoms with Crippen LogP contribution in [0.25, 0.3) is 6.08 Å². The van der Waals surface area contributed by atoms with E-state index >= 15 is 0 Å². The number of benzene rings is 2. The fourth-order valence-electron chi connectivity index (χ4n) is 1.60. The molecule has 2 rings (SSSR count). The maximum atomic E-state index is 13.1. The van der Waals surface area contributed by atoms with E-state index in [-0.39, 0.29) is 5.56 Å². The van der Waals surface area contributed by atoms with Crippen LogP contribution in [0.2, 0.25) is 0 Å². The summed E-state index contributed by atoms with van der Waals surface area (Å²) in [5.41, 5.74) is 1.32. The first kappa shape index (κ1) is 12.8. The van der Waals surface area contributed by atoms with Gasteiger partial charge in [-0.15, -0.1) is 0 Å². The van der Waals surface area contributed by atoms with Gasteiger partial charge in [0.2, 0.25) is 0 Å². The highest BCUT2D eigenvalue weighted by Gasteiger charge is 2.00. The summed E-state index contributed by atoms with van der Waals surface area (Å²) in [6.45, 7) is 0.323. The topological polar surface area (TPSA) is 33.0 Å². The van der Waals surface area contributed by atoms with Gasteiger partial charge in [-0.3, -0.25) is 0 Å². The van der Waals surface area contributed by atoms with E-state index in [9.17, 15) is 4.39 Å². The lowest BCUT2D eigenvalue weighted by atomic mass is 10.2. The molecule has 0 saturated carbocycles. The molecular weight excluding hydrogens is 241 g/mol. The highest BCUT2D eigenvalue weighted by molar-refractivity contribution is 5.48. The first-order valence-corrected chi connectivity index (χ1v) is 5.83. The molecule has 2 aromatic rings. The number of nitriles is 1. The zero-order valence-corrected chi connectivity index (χ0v) is 10.2. The summed E-state index contributed by atoms with van der Waals surface area (Å²) in [4.78, 5) is 0. The third-order valence-electron chi connectivity index (χ3n) is 2.46. The molecule has 0 amide bonds. The summed E-state index contributed by atoms with van der Waals surface area (Å²) in [5.74, 6) is -0.115. The maximum Gasteiger partial charge on any atom is 0.128 e. The van der Waals surface area contributed by atoms with Gasteiger partial charge in [0.05, 0.1) is 11.6 Å². The van der Waals surface area contributed by atoms with Gasteiger partial charge in [0.25, 0.3) is 0 Å². The van der Waals surface area contributed by atoms with E-state index < -0.39 is 5.82 Å². The molecule has 94 valence electrons. The molecule has 0 aromatic heterocycles. The van der Waals surface area contributed by atoms with Crippen molar-refractivity contribution in [2.45, 2.75) is 0 Å². The Balaban J connectivity index is 1.95. The van der Waals surface area contributed by atoms with Crippen molar-refractivity contribution in [3.05, 3.63) is 71.6 Å². The summed E-state index contributed by atoms with van der Waals surface area (Å²) in [5, 5.41) is 8.72. The SMILES string of the molecule is N#Cc1cc(F)cc(OC/C=C/c2ccccc2)c1. The first-order valence-electron chi connectivity index (χ1n) is 5.83. The van der Waals surface area contributed by atoms with Gasteiger partial charge in [0, 0.05) is 6.07 Å². The molecule has 2 nitrogen and oxygen atoms in total. The Morgan fingerprint density at radius 3 is 2.68 bits per heavy atom. The number of hydrogen-bond donors (Lipinski definition) is 0. The van der Waals surface area contributed by atoms with Crippen LogP contribution in [0.15, 0.2) is 54.6 Å². The van der Waals surface area contributed by atoms with Crippen LogP contribution < -0.4 is 4.74 Å². The molecule has 0 saturated heterocycles. The van der Waals surface area contributed by atoms with Gasteiger partial charge < -0.3 is 4.74 Å². The van der Waals surface area contributed by atoms with Crippen molar-refractivity contribution < 1.29 is 9.13 Å². The normalized spacial score (nSPS) is 10.3. The number of rotatable bonds is 4. The van der Waals surface area contributed by atoms with Crippen LogP contribution in [0.3, 0.4) is 0 Å². The number of hydrogen-bond acceptors (Lipinski definition) is 2. The molecule has 0 heterocycles. The van der Waals surface area contributed by atoms with Gasteiger partial charge in [-0.25, -0.2) is 4.39 Å². The second kappa shape index (κ2) is 6.36. The third kappa shape index (κ3) is 3.97. The van der Waals surface area contributed by atoms with Crippen LogP contribution in [0.1, 0.15) is 11.1 Å². The lowest BCUT2D eigenvalue weighted by Gasteiger charge is -2.03. The molecule has 0 aliphatic rings. The summed E-state index contributed by atoms with van der Waals surface area (Å²) in [6, 6.07) is 15.6. The molecule has 19 heavy (non-hydrogen) atoms. The average molecular weight is 253 g/mol. The minimum atomic E-state index is -0.471. The van der Waals surface area contributed by atoms with E-state index in [1.54, 1.807) is 0 Å². The van der Waals surface area contributed by atoms with Gasteiger partial charge in [-0.05, 0) is 23.8 Å². The molecule has 2 aromatic carbocycles. The second-order valence-electron chi connectivity index (χ2n) is 3.91. The van der Waals surface area contributed by atoms with Gasteiger partial charge in [0.15, 0.2) is 0 Å². The Bertz CT molecular complexity index is 614. The Morgan fingerprint density at radius 2 is 1.95 bits per heavy atom. The van der Waals surface area contributed by atoms with Crippen molar-refractivity contribution in [1.82, 2.24) is 0 Å². The lowest BCUT2D eigenvalue weighted by Crippen LogP contribution is -1.94. The predicted molar refractivity (Wildman–Crippen MR) is 72.1 cm³/mol. The van der Waals surface area contributed by atoms with Gasteiger partial charge >= 0.3 is 0 Å². The maximum absolute atomic E-state index is 13.1. The van der Waals surface area contributed by atoms with Gasteiger partial charge in [0.1, 0.15) is 18.2 Å². The summed E-state index contributed by atoms with van der Waals surface area (Å²) in [6.07, 6.45) is 3.76. The predicted octanol–water partition coefficient (Wildman–Crippen LogP) is 3.79. The minimum Gasteiger partial charge on any atom is -0.489 e. The fraction of sp³-hybridized carbons (Fsp3) is 0.0625. The van der Waals surface area contributed by atoms with E-state index in [1.165, 1.54) is 18.2 Å². The lowest BCUT2D eigenvalue weighted by molar-refractivity contribution is 0.361. The molecule has 0 spiro atoms. The molecular formula is C16H12FNO. The van der Waals surface area contributed by atoms with E-state index in [1.807, 2.05) is 48.6 Å². The Hall–Kier alpha value is -2.60. The monoisotopic (exact) mass is 253 g/mol. The van der Waals surface area contributed by atoms with Gasteiger partial charge in [-0.2, -0.15) is 5.26 Å². The molecule has 0 fully saturated rings. The van der Waals surface area contributed by atoms with E-state index in [4.69, 9.17) is 10.00 Å². The quantitative estimate of drug-likeness (QED) is 0.830. The Labute approximate surface area is 111 Å². The van der Waals surface area contributed by atoms with E-state index in [0.717, 1.165) is 5.56 Å². The highest BCUT2D eigenvalue weighted by Crippen LogP contribution is 2.15. The van der Waals surface area contributed by atoms with Crippen LogP contribution in [0.5, 0.6) is 5.75 Å². The van der Waals surface area contributed by atoms with Crippen molar-refractivity contribution in [1.29, 1.82) is 5.26 Å². The Morgan fingerprint density at radius 1 is 1.16 bits per heavy atom. The minimum absolute atomic E-state index is 0.252. The molecule has 0 radical (unpaired) electrons. The molecule has 0 bridgehead atoms. The molecule has 0 N–H and O–H groups in total. The zero-order valence-electron chi connectivity index (χ0n) is 10.2. The summed E-state index contributed by atoms with van der Waals surface area (Å²) in [7, 11) is 0. The van der Waals surface area contributed by atoms with E-state index in [0.29, 0.717) is 12.4 Å². The largest absolute Gasteiger partial charge is 0.489 e. The van der Waals surface area contributed by atoms with Crippen molar-refractivity contribution in [2.24, 2.45) is 0 Å². The van der Waals surface area contributed by atoms with Crippen LogP contribution >= 0.6 is 0 Å². The van der Waals surface area contributed by atoms with Crippen molar-refractivity contribution in [3.63, 3.8) is 0 Å². The van der Waals surface area contributed by atoms with Crippen LogP contribution in [0, 0.1) is 17.1 Å². The molecule has 0 unspecified atom stereocenters. The second-order valence-corrected chi connectivity index (χ2v) is 3.91. The number of halogens is 1. The van der Waals surface area contributed by atoms with Crippen LogP contribution in [0.4, 0.5) is 4.39 Å². The van der Waals surface area contributed by atoms with E-state index in [2.05, 4.69) is 0 Å². The highest BCUT2D eigenvalue weighted by atomic mass is 19.1. The summed E-state index contributed by atoms with van der Waals surface area (Å²) >= 11 is 0. The molecule has 3 heteroatoms.